The van der Waals surface area contributed by atoms with Crippen LogP contribution in [0, 0.1) is 12.3 Å². The molecular formula is C11H6BrF3O. The molecule has 0 saturated carbocycles. The van der Waals surface area contributed by atoms with Crippen molar-refractivity contribution in [1.82, 2.24) is 0 Å². The third-order valence-electron chi connectivity index (χ3n) is 1.86. The molecule has 0 bridgehead atoms. The maximum atomic E-state index is 12.5. The van der Waals surface area contributed by atoms with E-state index in [0.29, 0.717) is 0 Å². The molecule has 0 saturated heterocycles. The number of rotatable bonds is 2. The van der Waals surface area contributed by atoms with E-state index in [-0.39, 0.29) is 16.5 Å². The van der Waals surface area contributed by atoms with Crippen LogP contribution < -0.4 is 0 Å². The highest BCUT2D eigenvalue weighted by atomic mass is 79.9. The number of Topliss-reactive ketones (excluding diaryl/α,β-unsaturated/α-hetero) is 1. The molecule has 0 heterocycles. The molecule has 1 aromatic rings. The molecule has 16 heavy (non-hydrogen) atoms. The van der Waals surface area contributed by atoms with Crippen LogP contribution in [0.5, 0.6) is 0 Å². The van der Waals surface area contributed by atoms with Crippen molar-refractivity contribution in [3.8, 4) is 12.3 Å². The zero-order valence-electron chi connectivity index (χ0n) is 7.94. The molecule has 0 aromatic heterocycles. The third-order valence-corrected chi connectivity index (χ3v) is 2.55. The van der Waals surface area contributed by atoms with E-state index in [4.69, 9.17) is 6.42 Å². The highest BCUT2D eigenvalue weighted by Gasteiger charge is 2.33. The summed E-state index contributed by atoms with van der Waals surface area (Å²) in [5, 5.41) is 0. The van der Waals surface area contributed by atoms with Crippen molar-refractivity contribution >= 4 is 21.7 Å². The van der Waals surface area contributed by atoms with Gasteiger partial charge in [-0.25, -0.2) is 0 Å². The van der Waals surface area contributed by atoms with Crippen molar-refractivity contribution in [2.45, 2.75) is 12.6 Å². The molecule has 1 aromatic carbocycles. The van der Waals surface area contributed by atoms with Crippen LogP contribution in [0.3, 0.4) is 0 Å². The molecule has 84 valence electrons. The number of terminal acetylenes is 1. The number of carbonyl (C=O) groups excluding carboxylic acids is 1. The first-order chi connectivity index (χ1) is 7.36. The van der Waals surface area contributed by atoms with Crippen LogP contribution >= 0.6 is 15.9 Å². The summed E-state index contributed by atoms with van der Waals surface area (Å²) in [5.74, 6) is 1.60. The molecule has 0 spiro atoms. The van der Waals surface area contributed by atoms with Gasteiger partial charge in [0.05, 0.1) is 12.0 Å². The van der Waals surface area contributed by atoms with E-state index < -0.39 is 17.5 Å². The van der Waals surface area contributed by atoms with Crippen molar-refractivity contribution in [1.29, 1.82) is 0 Å². The molecule has 0 aliphatic heterocycles. The van der Waals surface area contributed by atoms with Crippen molar-refractivity contribution in [3.63, 3.8) is 0 Å². The lowest BCUT2D eigenvalue weighted by Crippen LogP contribution is -2.08. The van der Waals surface area contributed by atoms with E-state index in [1.54, 1.807) is 0 Å². The summed E-state index contributed by atoms with van der Waals surface area (Å²) in [4.78, 5) is 11.3. The van der Waals surface area contributed by atoms with Gasteiger partial charge in [-0.2, -0.15) is 13.2 Å². The van der Waals surface area contributed by atoms with Crippen molar-refractivity contribution < 1.29 is 18.0 Å². The minimum Gasteiger partial charge on any atom is -0.293 e. The number of benzene rings is 1. The van der Waals surface area contributed by atoms with E-state index in [1.807, 2.05) is 0 Å². The second-order valence-corrected chi connectivity index (χ2v) is 3.85. The number of carbonyl (C=O) groups is 1. The number of hydrogen-bond donors (Lipinski definition) is 0. The fraction of sp³-hybridized carbons (Fsp3) is 0.182. The SMILES string of the molecule is C#CCC(=O)c1ccc(Br)c(C(F)(F)F)c1. The minimum absolute atomic E-state index is 0.0338. The Labute approximate surface area is 98.8 Å². The maximum absolute atomic E-state index is 12.5. The lowest BCUT2D eigenvalue weighted by molar-refractivity contribution is -0.138. The zero-order valence-corrected chi connectivity index (χ0v) is 9.52. The highest BCUT2D eigenvalue weighted by molar-refractivity contribution is 9.10. The Morgan fingerprint density at radius 3 is 2.56 bits per heavy atom. The average molecular weight is 291 g/mol. The Morgan fingerprint density at radius 2 is 2.06 bits per heavy atom. The highest BCUT2D eigenvalue weighted by Crippen LogP contribution is 2.35. The molecule has 1 rings (SSSR count). The summed E-state index contributed by atoms with van der Waals surface area (Å²) in [6.07, 6.45) is 0.214. The van der Waals surface area contributed by atoms with Crippen LogP contribution in [0.15, 0.2) is 22.7 Å². The van der Waals surface area contributed by atoms with Gasteiger partial charge >= 0.3 is 6.18 Å². The summed E-state index contributed by atoms with van der Waals surface area (Å²) < 4.78 is 37.4. The predicted octanol–water partition coefficient (Wildman–Crippen LogP) is 3.67. The van der Waals surface area contributed by atoms with Crippen LogP contribution in [-0.2, 0) is 6.18 Å². The molecular weight excluding hydrogens is 285 g/mol. The van der Waals surface area contributed by atoms with Gasteiger partial charge in [-0.05, 0) is 12.1 Å². The van der Waals surface area contributed by atoms with Gasteiger partial charge in [0.2, 0.25) is 0 Å². The number of alkyl halides is 3. The van der Waals surface area contributed by atoms with Crippen molar-refractivity contribution in [2.75, 3.05) is 0 Å². The molecule has 0 radical (unpaired) electrons. The Hall–Kier alpha value is -1.28. The van der Waals surface area contributed by atoms with Gasteiger partial charge in [0.1, 0.15) is 0 Å². The van der Waals surface area contributed by atoms with Gasteiger partial charge in [0.15, 0.2) is 5.78 Å². The van der Waals surface area contributed by atoms with E-state index in [1.165, 1.54) is 12.1 Å². The molecule has 0 aliphatic rings. The first-order valence-electron chi connectivity index (χ1n) is 4.19. The van der Waals surface area contributed by atoms with Gasteiger partial charge < -0.3 is 0 Å². The van der Waals surface area contributed by atoms with Gasteiger partial charge in [0, 0.05) is 10.0 Å². The van der Waals surface area contributed by atoms with E-state index in [2.05, 4.69) is 21.9 Å². The maximum Gasteiger partial charge on any atom is 0.417 e. The fourth-order valence-electron chi connectivity index (χ4n) is 1.11. The summed E-state index contributed by atoms with van der Waals surface area (Å²) in [6, 6.07) is 3.29. The topological polar surface area (TPSA) is 17.1 Å². The summed E-state index contributed by atoms with van der Waals surface area (Å²) in [5.41, 5.74) is -0.913. The smallest absolute Gasteiger partial charge is 0.293 e. The van der Waals surface area contributed by atoms with Crippen LogP contribution in [0.25, 0.3) is 0 Å². The molecule has 1 nitrogen and oxygen atoms in total. The molecule has 0 N–H and O–H groups in total. The normalized spacial score (nSPS) is 10.9. The standard InChI is InChI=1S/C11H6BrF3O/c1-2-3-10(16)7-4-5-9(12)8(6-7)11(13,14)15/h1,4-6H,3H2. The minimum atomic E-state index is -4.49. The molecule has 0 unspecified atom stereocenters. The molecule has 0 amide bonds. The average Bonchev–Trinajstić information content (AvgIpc) is 2.16. The molecule has 0 atom stereocenters. The van der Waals surface area contributed by atoms with Crippen LogP contribution in [0.1, 0.15) is 22.3 Å². The molecule has 0 fully saturated rings. The first-order valence-corrected chi connectivity index (χ1v) is 4.99. The van der Waals surface area contributed by atoms with Crippen LogP contribution in [0.4, 0.5) is 13.2 Å². The second-order valence-electron chi connectivity index (χ2n) is 3.00. The summed E-state index contributed by atoms with van der Waals surface area (Å²) >= 11 is 2.78. The van der Waals surface area contributed by atoms with E-state index >= 15 is 0 Å². The van der Waals surface area contributed by atoms with Crippen LogP contribution in [-0.4, -0.2) is 5.78 Å². The van der Waals surface area contributed by atoms with Gasteiger partial charge in [0.25, 0.3) is 0 Å². The third kappa shape index (κ3) is 2.86. The van der Waals surface area contributed by atoms with Crippen LogP contribution in [0.2, 0.25) is 0 Å². The van der Waals surface area contributed by atoms with Crippen molar-refractivity contribution in [3.05, 3.63) is 33.8 Å². The van der Waals surface area contributed by atoms with E-state index in [0.717, 1.165) is 6.07 Å². The van der Waals surface area contributed by atoms with Crippen molar-refractivity contribution in [2.24, 2.45) is 0 Å². The molecule has 0 aliphatic carbocycles. The van der Waals surface area contributed by atoms with Gasteiger partial charge in [-0.15, -0.1) is 6.42 Å². The van der Waals surface area contributed by atoms with Gasteiger partial charge in [-0.1, -0.05) is 27.9 Å². The predicted molar refractivity (Wildman–Crippen MR) is 56.9 cm³/mol. The fourth-order valence-corrected chi connectivity index (χ4v) is 1.58. The Kier molecular flexibility index (Phi) is 3.76. The number of ketones is 1. The quantitative estimate of drug-likeness (QED) is 0.600. The number of hydrogen-bond acceptors (Lipinski definition) is 1. The largest absolute Gasteiger partial charge is 0.417 e. The lowest BCUT2D eigenvalue weighted by Gasteiger charge is -2.10. The monoisotopic (exact) mass is 290 g/mol. The Balaban J connectivity index is 3.19. The molecule has 5 heteroatoms. The zero-order chi connectivity index (χ0) is 12.3. The summed E-state index contributed by atoms with van der Waals surface area (Å²) in [6.45, 7) is 0. The second kappa shape index (κ2) is 4.71. The Bertz CT molecular complexity index is 457. The number of halogens is 4. The Morgan fingerprint density at radius 1 is 1.44 bits per heavy atom. The lowest BCUT2D eigenvalue weighted by atomic mass is 10.1. The first kappa shape index (κ1) is 12.8. The summed E-state index contributed by atoms with van der Waals surface area (Å²) in [7, 11) is 0. The van der Waals surface area contributed by atoms with Gasteiger partial charge in [-0.3, -0.25) is 4.79 Å². The van der Waals surface area contributed by atoms with E-state index in [9.17, 15) is 18.0 Å².